The average molecular weight is 316 g/mol. The quantitative estimate of drug-likeness (QED) is 0.872. The van der Waals surface area contributed by atoms with Crippen molar-refractivity contribution in [3.05, 3.63) is 45.4 Å². The number of nitrogens with zero attached hydrogens (tertiary/aromatic N) is 2. The van der Waals surface area contributed by atoms with E-state index in [1.54, 1.807) is 11.3 Å². The molecule has 2 aliphatic heterocycles. The summed E-state index contributed by atoms with van der Waals surface area (Å²) < 4.78 is 11.5. The van der Waals surface area contributed by atoms with Gasteiger partial charge < -0.3 is 9.47 Å². The van der Waals surface area contributed by atoms with Crippen molar-refractivity contribution in [1.29, 1.82) is 0 Å². The van der Waals surface area contributed by atoms with E-state index in [4.69, 9.17) is 9.47 Å². The number of aromatic nitrogens is 1. The van der Waals surface area contributed by atoms with Gasteiger partial charge in [-0.3, -0.25) is 4.90 Å². The molecule has 0 spiro atoms. The largest absolute Gasteiger partial charge is 0.493 e. The summed E-state index contributed by atoms with van der Waals surface area (Å²) >= 11 is 1.70. The van der Waals surface area contributed by atoms with Gasteiger partial charge in [0.05, 0.1) is 13.2 Å². The molecule has 1 aromatic heterocycles. The second kappa shape index (κ2) is 5.99. The lowest BCUT2D eigenvalue weighted by Gasteiger charge is -2.32. The summed E-state index contributed by atoms with van der Waals surface area (Å²) in [5.74, 6) is 1.06. The highest BCUT2D eigenvalue weighted by atomic mass is 32.1. The second-order valence-electron chi connectivity index (χ2n) is 5.96. The van der Waals surface area contributed by atoms with E-state index < -0.39 is 0 Å². The van der Waals surface area contributed by atoms with Crippen LogP contribution in [0.3, 0.4) is 0 Å². The molecule has 3 heterocycles. The molecule has 0 bridgehead atoms. The van der Waals surface area contributed by atoms with Gasteiger partial charge in [0, 0.05) is 37.1 Å². The Morgan fingerprint density at radius 3 is 3.18 bits per heavy atom. The zero-order valence-electron chi connectivity index (χ0n) is 12.7. The van der Waals surface area contributed by atoms with E-state index >= 15 is 0 Å². The minimum atomic E-state index is 0.116. The zero-order chi connectivity index (χ0) is 14.9. The lowest BCUT2D eigenvalue weighted by molar-refractivity contribution is -0.0330. The van der Waals surface area contributed by atoms with Gasteiger partial charge in [-0.1, -0.05) is 12.1 Å². The van der Waals surface area contributed by atoms with E-state index in [9.17, 15) is 0 Å². The van der Waals surface area contributed by atoms with Crippen LogP contribution in [-0.2, 0) is 17.7 Å². The van der Waals surface area contributed by atoms with E-state index in [-0.39, 0.29) is 6.10 Å². The summed E-state index contributed by atoms with van der Waals surface area (Å²) in [6.45, 7) is 6.50. The predicted molar refractivity (Wildman–Crippen MR) is 86.5 cm³/mol. The monoisotopic (exact) mass is 316 g/mol. The third kappa shape index (κ3) is 2.89. The van der Waals surface area contributed by atoms with Crippen LogP contribution in [0.1, 0.15) is 27.9 Å². The number of rotatable bonds is 3. The maximum atomic E-state index is 5.91. The van der Waals surface area contributed by atoms with E-state index in [2.05, 4.69) is 33.5 Å². The first kappa shape index (κ1) is 14.2. The number of ether oxygens (including phenoxy) is 2. The Hall–Kier alpha value is -1.43. The molecular formula is C17H20N2O2S. The minimum absolute atomic E-state index is 0.116. The standard InChI is InChI=1S/C17H20N2O2S/c1-12-11-22-17(18-12)16-10-19(5-7-21-16)9-13-2-3-15-14(8-13)4-6-20-15/h2-3,8,11,16H,4-7,9-10H2,1H3/t16-/m0/s1. The molecule has 2 aliphatic rings. The number of aryl methyl sites for hydroxylation is 1. The van der Waals surface area contributed by atoms with Crippen LogP contribution in [-0.4, -0.2) is 36.2 Å². The highest BCUT2D eigenvalue weighted by Gasteiger charge is 2.24. The van der Waals surface area contributed by atoms with Gasteiger partial charge in [0.15, 0.2) is 0 Å². The van der Waals surface area contributed by atoms with Gasteiger partial charge in [-0.2, -0.15) is 0 Å². The molecular weight excluding hydrogens is 296 g/mol. The molecule has 4 rings (SSSR count). The fraction of sp³-hybridized carbons (Fsp3) is 0.471. The molecule has 1 atom stereocenters. The van der Waals surface area contributed by atoms with Gasteiger partial charge in [-0.15, -0.1) is 11.3 Å². The van der Waals surface area contributed by atoms with Crippen LogP contribution < -0.4 is 4.74 Å². The van der Waals surface area contributed by atoms with Crippen LogP contribution in [0.5, 0.6) is 5.75 Å². The normalized spacial score (nSPS) is 21.6. The molecule has 1 fully saturated rings. The van der Waals surface area contributed by atoms with Crippen LogP contribution in [0.25, 0.3) is 0 Å². The van der Waals surface area contributed by atoms with Crippen molar-refractivity contribution in [1.82, 2.24) is 9.88 Å². The summed E-state index contributed by atoms with van der Waals surface area (Å²) in [7, 11) is 0. The van der Waals surface area contributed by atoms with Gasteiger partial charge in [-0.25, -0.2) is 4.98 Å². The molecule has 4 nitrogen and oxygen atoms in total. The Kier molecular flexibility index (Phi) is 3.86. The molecule has 0 unspecified atom stereocenters. The first-order chi connectivity index (χ1) is 10.8. The smallest absolute Gasteiger partial charge is 0.123 e. The maximum Gasteiger partial charge on any atom is 0.123 e. The number of hydrogen-bond donors (Lipinski definition) is 0. The van der Waals surface area contributed by atoms with Gasteiger partial charge in [0.1, 0.15) is 16.9 Å². The van der Waals surface area contributed by atoms with Crippen LogP contribution in [0.15, 0.2) is 23.6 Å². The van der Waals surface area contributed by atoms with Crippen molar-refractivity contribution in [2.45, 2.75) is 26.0 Å². The molecule has 0 aliphatic carbocycles. The molecule has 0 N–H and O–H groups in total. The predicted octanol–water partition coefficient (Wildman–Crippen LogP) is 2.96. The summed E-state index contributed by atoms with van der Waals surface area (Å²) in [4.78, 5) is 7.03. The van der Waals surface area contributed by atoms with Gasteiger partial charge in [0.2, 0.25) is 0 Å². The summed E-state index contributed by atoms with van der Waals surface area (Å²) in [5, 5.41) is 3.20. The zero-order valence-corrected chi connectivity index (χ0v) is 13.6. The Balaban J connectivity index is 1.44. The second-order valence-corrected chi connectivity index (χ2v) is 6.85. The fourth-order valence-electron chi connectivity index (χ4n) is 3.11. The van der Waals surface area contributed by atoms with E-state index in [1.807, 2.05) is 6.92 Å². The summed E-state index contributed by atoms with van der Waals surface area (Å²) in [5.41, 5.74) is 3.79. The molecule has 116 valence electrons. The average Bonchev–Trinajstić information content (AvgIpc) is 3.16. The molecule has 1 saturated heterocycles. The SMILES string of the molecule is Cc1csc([C@@H]2CN(Cc3ccc4c(c3)CCO4)CCO2)n1. The van der Waals surface area contributed by atoms with Crippen LogP contribution in [0, 0.1) is 6.92 Å². The highest BCUT2D eigenvalue weighted by Crippen LogP contribution is 2.28. The first-order valence-electron chi connectivity index (χ1n) is 7.78. The van der Waals surface area contributed by atoms with Crippen LogP contribution in [0.2, 0.25) is 0 Å². The van der Waals surface area contributed by atoms with Crippen molar-refractivity contribution in [2.75, 3.05) is 26.3 Å². The van der Waals surface area contributed by atoms with Crippen molar-refractivity contribution in [3.63, 3.8) is 0 Å². The van der Waals surface area contributed by atoms with E-state index in [0.29, 0.717) is 0 Å². The van der Waals surface area contributed by atoms with E-state index in [1.165, 1.54) is 11.1 Å². The molecule has 0 amide bonds. The van der Waals surface area contributed by atoms with Crippen molar-refractivity contribution < 1.29 is 9.47 Å². The summed E-state index contributed by atoms with van der Waals surface area (Å²) in [6, 6.07) is 6.59. The summed E-state index contributed by atoms with van der Waals surface area (Å²) in [6.07, 6.45) is 1.15. The molecule has 5 heteroatoms. The molecule has 22 heavy (non-hydrogen) atoms. The van der Waals surface area contributed by atoms with Crippen LogP contribution >= 0.6 is 11.3 Å². The Labute approximate surface area is 134 Å². The third-order valence-corrected chi connectivity index (χ3v) is 5.28. The fourth-order valence-corrected chi connectivity index (χ4v) is 3.95. The molecule has 0 radical (unpaired) electrons. The minimum Gasteiger partial charge on any atom is -0.493 e. The Morgan fingerprint density at radius 2 is 2.32 bits per heavy atom. The Morgan fingerprint density at radius 1 is 1.36 bits per heavy atom. The van der Waals surface area contributed by atoms with Gasteiger partial charge in [-0.05, 0) is 24.1 Å². The third-order valence-electron chi connectivity index (χ3n) is 4.22. The number of fused-ring (bicyclic) bond motifs is 1. The number of benzene rings is 1. The van der Waals surface area contributed by atoms with Crippen LogP contribution in [0.4, 0.5) is 0 Å². The topological polar surface area (TPSA) is 34.6 Å². The number of morpholine rings is 1. The molecule has 0 saturated carbocycles. The number of hydrogen-bond acceptors (Lipinski definition) is 5. The molecule has 2 aromatic rings. The number of thiazole rings is 1. The maximum absolute atomic E-state index is 5.91. The van der Waals surface area contributed by atoms with E-state index in [0.717, 1.165) is 55.7 Å². The highest BCUT2D eigenvalue weighted by molar-refractivity contribution is 7.09. The van der Waals surface area contributed by atoms with Gasteiger partial charge in [0.25, 0.3) is 0 Å². The lowest BCUT2D eigenvalue weighted by atomic mass is 10.1. The molecule has 1 aromatic carbocycles. The van der Waals surface area contributed by atoms with Crippen molar-refractivity contribution in [3.8, 4) is 5.75 Å². The van der Waals surface area contributed by atoms with Crippen molar-refractivity contribution >= 4 is 11.3 Å². The first-order valence-corrected chi connectivity index (χ1v) is 8.66. The lowest BCUT2D eigenvalue weighted by Crippen LogP contribution is -2.37. The van der Waals surface area contributed by atoms with Crippen molar-refractivity contribution in [2.24, 2.45) is 0 Å². The van der Waals surface area contributed by atoms with Gasteiger partial charge >= 0.3 is 0 Å². The Bertz CT molecular complexity index is 670.